The molecule has 0 aliphatic heterocycles. The van der Waals surface area contributed by atoms with Gasteiger partial charge >= 0.3 is 0 Å². The van der Waals surface area contributed by atoms with Crippen LogP contribution in [0.2, 0.25) is 5.02 Å². The number of H-pyrrole nitrogens is 1. The van der Waals surface area contributed by atoms with Crippen molar-refractivity contribution in [3.63, 3.8) is 0 Å². The van der Waals surface area contributed by atoms with E-state index in [0.29, 0.717) is 11.4 Å². The number of aryl methyl sites for hydroxylation is 1. The zero-order valence-corrected chi connectivity index (χ0v) is 12.6. The second-order valence-corrected chi connectivity index (χ2v) is 5.14. The lowest BCUT2D eigenvalue weighted by Crippen LogP contribution is -2.32. The molecule has 0 spiro atoms. The molecule has 0 aliphatic carbocycles. The first-order valence-electron chi connectivity index (χ1n) is 6.64. The summed E-state index contributed by atoms with van der Waals surface area (Å²) in [6.45, 7) is 3.83. The highest BCUT2D eigenvalue weighted by Crippen LogP contribution is 2.15. The molecular formula is C15H16ClN3O2. The Kier molecular flexibility index (Phi) is 4.75. The molecule has 2 aromatic rings. The molecule has 0 bridgehead atoms. The van der Waals surface area contributed by atoms with Crippen molar-refractivity contribution in [1.29, 1.82) is 0 Å². The molecule has 0 aliphatic rings. The summed E-state index contributed by atoms with van der Waals surface area (Å²) in [5, 5.41) is 3.12. The molecule has 2 heterocycles. The van der Waals surface area contributed by atoms with Gasteiger partial charge in [0, 0.05) is 11.9 Å². The Hall–Kier alpha value is -2.14. The first kappa shape index (κ1) is 15.3. The maximum absolute atomic E-state index is 12.2. The van der Waals surface area contributed by atoms with Crippen molar-refractivity contribution in [3.8, 4) is 0 Å². The number of nitrogens with one attached hydrogen (secondary N) is 2. The van der Waals surface area contributed by atoms with Crippen LogP contribution >= 0.6 is 11.6 Å². The highest BCUT2D eigenvalue weighted by molar-refractivity contribution is 6.30. The molecule has 5 nitrogen and oxygen atoms in total. The first-order chi connectivity index (χ1) is 10.0. The van der Waals surface area contributed by atoms with Crippen LogP contribution < -0.4 is 10.9 Å². The van der Waals surface area contributed by atoms with Gasteiger partial charge in [0.1, 0.15) is 5.56 Å². The summed E-state index contributed by atoms with van der Waals surface area (Å²) in [4.78, 5) is 30.7. The van der Waals surface area contributed by atoms with Crippen LogP contribution in [0.25, 0.3) is 0 Å². The fourth-order valence-electron chi connectivity index (χ4n) is 2.01. The topological polar surface area (TPSA) is 74.8 Å². The smallest absolute Gasteiger partial charge is 0.260 e. The summed E-state index contributed by atoms with van der Waals surface area (Å²) < 4.78 is 0. The fourth-order valence-corrected chi connectivity index (χ4v) is 2.17. The lowest BCUT2D eigenvalue weighted by molar-refractivity contribution is 0.0933. The number of aromatic nitrogens is 2. The molecule has 6 heteroatoms. The van der Waals surface area contributed by atoms with E-state index in [2.05, 4.69) is 15.3 Å². The molecule has 110 valence electrons. The van der Waals surface area contributed by atoms with Gasteiger partial charge in [0.2, 0.25) is 0 Å². The molecule has 1 atom stereocenters. The van der Waals surface area contributed by atoms with Gasteiger partial charge in [-0.2, -0.15) is 0 Å². The van der Waals surface area contributed by atoms with Crippen LogP contribution in [0, 0.1) is 6.92 Å². The van der Waals surface area contributed by atoms with Gasteiger partial charge in [-0.25, -0.2) is 0 Å². The Bertz CT molecular complexity index is 712. The molecule has 2 aromatic heterocycles. The van der Waals surface area contributed by atoms with E-state index < -0.39 is 11.5 Å². The van der Waals surface area contributed by atoms with Gasteiger partial charge in [-0.1, -0.05) is 24.6 Å². The van der Waals surface area contributed by atoms with Gasteiger partial charge in [-0.3, -0.25) is 14.6 Å². The summed E-state index contributed by atoms with van der Waals surface area (Å²) in [7, 11) is 0. The van der Waals surface area contributed by atoms with Gasteiger partial charge in [0.05, 0.1) is 16.8 Å². The largest absolute Gasteiger partial charge is 0.343 e. The molecule has 0 saturated carbocycles. The zero-order valence-electron chi connectivity index (χ0n) is 11.8. The van der Waals surface area contributed by atoms with Crippen LogP contribution in [0.15, 0.2) is 35.3 Å². The summed E-state index contributed by atoms with van der Waals surface area (Å²) in [6.07, 6.45) is 2.01. The number of halogens is 1. The number of hydrogen-bond acceptors (Lipinski definition) is 3. The Balaban J connectivity index is 2.24. The number of rotatable bonds is 4. The van der Waals surface area contributed by atoms with Crippen LogP contribution in [0.1, 0.15) is 41.1 Å². The third-order valence-corrected chi connectivity index (χ3v) is 3.31. The average molecular weight is 306 g/mol. The molecular weight excluding hydrogens is 290 g/mol. The molecule has 0 unspecified atom stereocenters. The highest BCUT2D eigenvalue weighted by Gasteiger charge is 2.17. The van der Waals surface area contributed by atoms with E-state index >= 15 is 0 Å². The van der Waals surface area contributed by atoms with Crippen molar-refractivity contribution in [1.82, 2.24) is 15.3 Å². The maximum Gasteiger partial charge on any atom is 0.260 e. The predicted molar refractivity (Wildman–Crippen MR) is 81.5 cm³/mol. The van der Waals surface area contributed by atoms with E-state index in [1.165, 1.54) is 12.3 Å². The monoisotopic (exact) mass is 305 g/mol. The quantitative estimate of drug-likeness (QED) is 0.911. The average Bonchev–Trinajstić information content (AvgIpc) is 2.47. The second-order valence-electron chi connectivity index (χ2n) is 4.70. The lowest BCUT2D eigenvalue weighted by Gasteiger charge is -2.16. The van der Waals surface area contributed by atoms with E-state index in [1.54, 1.807) is 0 Å². The Morgan fingerprint density at radius 3 is 2.90 bits per heavy atom. The zero-order chi connectivity index (χ0) is 15.4. The van der Waals surface area contributed by atoms with E-state index in [9.17, 15) is 9.59 Å². The number of pyridine rings is 2. The number of amides is 1. The molecule has 1 amide bonds. The van der Waals surface area contributed by atoms with Crippen molar-refractivity contribution in [3.05, 3.63) is 62.8 Å². The van der Waals surface area contributed by atoms with Gasteiger partial charge in [0.25, 0.3) is 11.5 Å². The summed E-state index contributed by atoms with van der Waals surface area (Å²) in [6, 6.07) is 6.73. The van der Waals surface area contributed by atoms with Crippen LogP contribution in [-0.4, -0.2) is 15.9 Å². The van der Waals surface area contributed by atoms with Crippen molar-refractivity contribution < 1.29 is 4.79 Å². The summed E-state index contributed by atoms with van der Waals surface area (Å²) in [5.74, 6) is -0.464. The van der Waals surface area contributed by atoms with Crippen molar-refractivity contribution in [2.24, 2.45) is 0 Å². The minimum absolute atomic E-state index is 0.00592. The lowest BCUT2D eigenvalue weighted by atomic mass is 10.1. The molecule has 0 saturated heterocycles. The Morgan fingerprint density at radius 2 is 2.24 bits per heavy atom. The van der Waals surface area contributed by atoms with E-state index in [4.69, 9.17) is 11.6 Å². The van der Waals surface area contributed by atoms with Gasteiger partial charge in [-0.05, 0) is 31.5 Å². The second kappa shape index (κ2) is 6.54. The van der Waals surface area contributed by atoms with Crippen LogP contribution in [0.4, 0.5) is 0 Å². The van der Waals surface area contributed by atoms with Gasteiger partial charge in [0.15, 0.2) is 0 Å². The fraction of sp³-hybridized carbons (Fsp3) is 0.267. The molecule has 0 fully saturated rings. The van der Waals surface area contributed by atoms with Crippen molar-refractivity contribution in [2.75, 3.05) is 0 Å². The third-order valence-electron chi connectivity index (χ3n) is 3.09. The summed E-state index contributed by atoms with van der Waals surface area (Å²) >= 11 is 5.81. The standard InChI is InChI=1S/C15H16ClN3O2/c1-3-12(13-6-4-5-9(2)18-13)19-15(21)11-7-10(16)8-17-14(11)20/h4-8,12H,3H2,1-2H3,(H,17,20)(H,19,21)/t12-/m1/s1. The number of carbonyl (C=O) groups excluding carboxylic acids is 1. The molecule has 0 radical (unpaired) electrons. The minimum atomic E-state index is -0.469. The molecule has 21 heavy (non-hydrogen) atoms. The van der Waals surface area contributed by atoms with Crippen LogP contribution in [0.3, 0.4) is 0 Å². The summed E-state index contributed by atoms with van der Waals surface area (Å²) in [5.41, 5.74) is 1.17. The van der Waals surface area contributed by atoms with Crippen molar-refractivity contribution in [2.45, 2.75) is 26.3 Å². The van der Waals surface area contributed by atoms with E-state index in [-0.39, 0.29) is 11.6 Å². The highest BCUT2D eigenvalue weighted by atomic mass is 35.5. The van der Waals surface area contributed by atoms with Gasteiger partial charge < -0.3 is 10.3 Å². The van der Waals surface area contributed by atoms with Gasteiger partial charge in [-0.15, -0.1) is 0 Å². The number of hydrogen-bond donors (Lipinski definition) is 2. The maximum atomic E-state index is 12.2. The van der Waals surface area contributed by atoms with Crippen molar-refractivity contribution >= 4 is 17.5 Å². The Morgan fingerprint density at radius 1 is 1.48 bits per heavy atom. The Labute approximate surface area is 127 Å². The third kappa shape index (κ3) is 3.70. The van der Waals surface area contributed by atoms with Crippen LogP contribution in [0.5, 0.6) is 0 Å². The van der Waals surface area contributed by atoms with Crippen LogP contribution in [-0.2, 0) is 0 Å². The normalized spacial score (nSPS) is 12.0. The number of aromatic amines is 1. The molecule has 2 rings (SSSR count). The molecule has 2 N–H and O–H groups in total. The molecule has 0 aromatic carbocycles. The minimum Gasteiger partial charge on any atom is -0.343 e. The predicted octanol–water partition coefficient (Wildman–Crippen LogP) is 2.61. The van der Waals surface area contributed by atoms with E-state index in [0.717, 1.165) is 11.4 Å². The number of carbonyl (C=O) groups is 1. The SMILES string of the molecule is CC[C@@H](NC(=O)c1cc(Cl)c[nH]c1=O)c1cccc(C)n1. The first-order valence-corrected chi connectivity index (χ1v) is 7.01. The number of nitrogens with zero attached hydrogens (tertiary/aromatic N) is 1. The van der Waals surface area contributed by atoms with E-state index in [1.807, 2.05) is 32.0 Å².